The van der Waals surface area contributed by atoms with Gasteiger partial charge in [0, 0.05) is 48.8 Å². The molecule has 2 saturated heterocycles. The lowest BCUT2D eigenvalue weighted by Gasteiger charge is -2.40. The summed E-state index contributed by atoms with van der Waals surface area (Å²) in [4.78, 5) is 28.2. The number of nitrogens with one attached hydrogen (secondary N) is 2. The van der Waals surface area contributed by atoms with E-state index in [9.17, 15) is 4.79 Å². The fourth-order valence-electron chi connectivity index (χ4n) is 6.44. The molecule has 3 atom stereocenters. The van der Waals surface area contributed by atoms with Crippen molar-refractivity contribution in [1.29, 1.82) is 0 Å². The van der Waals surface area contributed by atoms with Gasteiger partial charge in [-0.1, -0.05) is 0 Å². The number of ether oxygens (including phenoxy) is 3. The minimum absolute atomic E-state index is 0.0456. The van der Waals surface area contributed by atoms with Crippen LogP contribution in [0, 0.1) is 0 Å². The molecule has 2 fully saturated rings. The van der Waals surface area contributed by atoms with Gasteiger partial charge in [0.2, 0.25) is 5.88 Å². The molecule has 0 spiro atoms. The molecule has 0 aromatic carbocycles. The summed E-state index contributed by atoms with van der Waals surface area (Å²) >= 11 is 0. The second kappa shape index (κ2) is 9.11. The second-order valence-corrected chi connectivity index (χ2v) is 10.4. The summed E-state index contributed by atoms with van der Waals surface area (Å²) in [5.74, 6) is 2.70. The number of nitrogens with zero attached hydrogens (tertiary/aromatic N) is 4. The highest BCUT2D eigenvalue weighted by Crippen LogP contribution is 2.42. The summed E-state index contributed by atoms with van der Waals surface area (Å²) < 4.78 is 16.9. The van der Waals surface area contributed by atoms with Crippen LogP contribution in [-0.4, -0.2) is 70.8 Å². The number of carbonyl (C=O) groups is 1. The number of carbonyl (C=O) groups excluding carboxylic acids is 1. The zero-order valence-electron chi connectivity index (χ0n) is 20.8. The van der Waals surface area contributed by atoms with Crippen LogP contribution in [0.3, 0.4) is 0 Å². The van der Waals surface area contributed by atoms with Crippen molar-refractivity contribution in [3.05, 3.63) is 41.7 Å². The molecule has 0 radical (unpaired) electrons. The van der Waals surface area contributed by atoms with E-state index in [1.807, 2.05) is 30.5 Å². The van der Waals surface area contributed by atoms with Gasteiger partial charge in [-0.15, -0.1) is 0 Å². The first-order valence-electron chi connectivity index (χ1n) is 13.0. The number of rotatable bonds is 6. The van der Waals surface area contributed by atoms with Gasteiger partial charge in [-0.2, -0.15) is 0 Å². The lowest BCUT2D eigenvalue weighted by molar-refractivity contribution is -0.118. The third-order valence-corrected chi connectivity index (χ3v) is 8.17. The number of hydrogen-bond acceptors (Lipinski definition) is 9. The van der Waals surface area contributed by atoms with Crippen molar-refractivity contribution < 1.29 is 19.0 Å². The molecular weight excluding hydrogens is 472 g/mol. The van der Waals surface area contributed by atoms with Crippen LogP contribution in [0.5, 0.6) is 17.4 Å². The van der Waals surface area contributed by atoms with Crippen LogP contribution in [0.1, 0.15) is 42.9 Å². The van der Waals surface area contributed by atoms with E-state index >= 15 is 0 Å². The van der Waals surface area contributed by atoms with Gasteiger partial charge in [0.15, 0.2) is 18.2 Å². The van der Waals surface area contributed by atoms with E-state index < -0.39 is 0 Å². The molecule has 10 heteroatoms. The molecule has 192 valence electrons. The van der Waals surface area contributed by atoms with Crippen LogP contribution in [-0.2, 0) is 11.3 Å². The smallest absolute Gasteiger partial charge is 0.263 e. The van der Waals surface area contributed by atoms with Crippen molar-refractivity contribution in [3.8, 4) is 17.4 Å². The maximum Gasteiger partial charge on any atom is 0.263 e. The van der Waals surface area contributed by atoms with E-state index in [0.29, 0.717) is 48.7 Å². The highest BCUT2D eigenvalue weighted by Gasteiger charge is 2.43. The molecule has 37 heavy (non-hydrogen) atoms. The van der Waals surface area contributed by atoms with Gasteiger partial charge in [-0.3, -0.25) is 14.7 Å². The quantitative estimate of drug-likeness (QED) is 0.525. The molecule has 4 aliphatic heterocycles. The molecule has 1 amide bonds. The third kappa shape index (κ3) is 4.14. The Kier molecular flexibility index (Phi) is 5.58. The Morgan fingerprint density at radius 2 is 1.97 bits per heavy atom. The Balaban J connectivity index is 1.02. The Morgan fingerprint density at radius 3 is 2.81 bits per heavy atom. The SMILES string of the molecule is COc1ccc2ncc3c(c2n1)[C@H](CN1C2CCC1CC(NCc1ccc4c(n1)NC(=O)CO4)C2)CO3. The summed E-state index contributed by atoms with van der Waals surface area (Å²) in [6, 6.07) is 9.23. The molecule has 0 saturated carbocycles. The fraction of sp³-hybridized carbons (Fsp3) is 0.481. The fourth-order valence-corrected chi connectivity index (χ4v) is 6.44. The molecule has 2 unspecified atom stereocenters. The van der Waals surface area contributed by atoms with Gasteiger partial charge in [0.1, 0.15) is 11.3 Å². The molecule has 4 aliphatic rings. The number of fused-ring (bicyclic) bond motifs is 6. The van der Waals surface area contributed by atoms with E-state index in [2.05, 4.69) is 25.5 Å². The Morgan fingerprint density at radius 1 is 1.11 bits per heavy atom. The topological polar surface area (TPSA) is 111 Å². The van der Waals surface area contributed by atoms with E-state index in [4.69, 9.17) is 19.2 Å². The Labute approximate surface area is 214 Å². The van der Waals surface area contributed by atoms with Gasteiger partial charge in [-0.05, 0) is 43.9 Å². The second-order valence-electron chi connectivity index (χ2n) is 10.4. The molecule has 2 N–H and O–H groups in total. The monoisotopic (exact) mass is 502 g/mol. The zero-order valence-corrected chi connectivity index (χ0v) is 20.8. The summed E-state index contributed by atoms with van der Waals surface area (Å²) in [5.41, 5.74) is 3.84. The number of pyridine rings is 3. The van der Waals surface area contributed by atoms with E-state index in [1.165, 1.54) is 12.8 Å². The predicted octanol–water partition coefficient (Wildman–Crippen LogP) is 2.63. The van der Waals surface area contributed by atoms with Crippen molar-refractivity contribution in [1.82, 2.24) is 25.2 Å². The number of amides is 1. The van der Waals surface area contributed by atoms with E-state index in [0.717, 1.165) is 47.4 Å². The molecule has 3 aromatic rings. The maximum absolute atomic E-state index is 11.6. The third-order valence-electron chi connectivity index (χ3n) is 8.17. The molecule has 7 rings (SSSR count). The largest absolute Gasteiger partial charge is 0.491 e. The van der Waals surface area contributed by atoms with Crippen molar-refractivity contribution in [3.63, 3.8) is 0 Å². The summed E-state index contributed by atoms with van der Waals surface area (Å²) in [6.07, 6.45) is 6.53. The first kappa shape index (κ1) is 22.7. The average Bonchev–Trinajstić information content (AvgIpc) is 3.43. The van der Waals surface area contributed by atoms with Crippen LogP contribution >= 0.6 is 0 Å². The summed E-state index contributed by atoms with van der Waals surface area (Å²) in [6.45, 7) is 2.35. The first-order valence-corrected chi connectivity index (χ1v) is 13.0. The van der Waals surface area contributed by atoms with Gasteiger partial charge in [0.05, 0.1) is 31.1 Å². The van der Waals surface area contributed by atoms with Gasteiger partial charge < -0.3 is 24.8 Å². The Bertz CT molecular complexity index is 1350. The molecule has 2 bridgehead atoms. The number of hydrogen-bond donors (Lipinski definition) is 2. The highest BCUT2D eigenvalue weighted by molar-refractivity contribution is 5.94. The number of methoxy groups -OCH3 is 1. The molecule has 3 aromatic heterocycles. The van der Waals surface area contributed by atoms with Gasteiger partial charge in [-0.25, -0.2) is 9.97 Å². The Hall–Kier alpha value is -3.50. The first-order chi connectivity index (χ1) is 18.1. The van der Waals surface area contributed by atoms with Gasteiger partial charge in [0.25, 0.3) is 5.91 Å². The molecule has 7 heterocycles. The summed E-state index contributed by atoms with van der Waals surface area (Å²) in [7, 11) is 1.64. The molecule has 0 aliphatic carbocycles. The van der Waals surface area contributed by atoms with E-state index in [1.54, 1.807) is 7.11 Å². The number of aromatic nitrogens is 3. The van der Waals surface area contributed by atoms with Crippen LogP contribution in [0.25, 0.3) is 11.0 Å². The molecule has 10 nitrogen and oxygen atoms in total. The standard InChI is InChI=1S/C27H30N6O4/c1-35-24-7-5-20-26(32-24)25-15(13-36-22(25)11-29-20)12-33-18-3-4-19(33)9-17(8-18)28-10-16-2-6-21-27(30-16)31-23(34)14-37-21/h2,5-7,11,15,17-19,28H,3-4,8-10,12-14H2,1H3,(H,30,31,34)/t15-,17?,18?,19?/m1/s1. The number of piperidine rings is 1. The molecular formula is C27H30N6O4. The van der Waals surface area contributed by atoms with Crippen molar-refractivity contribution in [2.45, 2.75) is 56.3 Å². The average molecular weight is 503 g/mol. The van der Waals surface area contributed by atoms with E-state index in [-0.39, 0.29) is 18.4 Å². The normalized spacial score (nSPS) is 26.2. The predicted molar refractivity (Wildman–Crippen MR) is 136 cm³/mol. The van der Waals surface area contributed by atoms with Crippen LogP contribution < -0.4 is 24.8 Å². The van der Waals surface area contributed by atoms with Gasteiger partial charge >= 0.3 is 0 Å². The maximum atomic E-state index is 11.6. The van der Waals surface area contributed by atoms with Crippen molar-refractivity contribution >= 4 is 22.8 Å². The zero-order chi connectivity index (χ0) is 24.9. The van der Waals surface area contributed by atoms with Crippen LogP contribution in [0.15, 0.2) is 30.5 Å². The van der Waals surface area contributed by atoms with Crippen molar-refractivity contribution in [2.75, 3.05) is 32.2 Å². The lowest BCUT2D eigenvalue weighted by atomic mass is 9.93. The minimum Gasteiger partial charge on any atom is -0.491 e. The lowest BCUT2D eigenvalue weighted by Crippen LogP contribution is -2.50. The minimum atomic E-state index is -0.163. The van der Waals surface area contributed by atoms with Crippen LogP contribution in [0.4, 0.5) is 5.82 Å². The number of anilines is 1. The van der Waals surface area contributed by atoms with Crippen molar-refractivity contribution in [2.24, 2.45) is 0 Å². The summed E-state index contributed by atoms with van der Waals surface area (Å²) in [5, 5.41) is 6.52. The van der Waals surface area contributed by atoms with Crippen LogP contribution in [0.2, 0.25) is 0 Å². The highest BCUT2D eigenvalue weighted by atomic mass is 16.5.